The van der Waals surface area contributed by atoms with Crippen LogP contribution in [0.1, 0.15) is 15.9 Å². The van der Waals surface area contributed by atoms with Crippen molar-refractivity contribution in [2.75, 3.05) is 5.32 Å². The van der Waals surface area contributed by atoms with Gasteiger partial charge in [0.05, 0.1) is 4.92 Å². The van der Waals surface area contributed by atoms with Gasteiger partial charge in [0.15, 0.2) is 0 Å². The van der Waals surface area contributed by atoms with Gasteiger partial charge in [0, 0.05) is 22.3 Å². The molecule has 0 bridgehead atoms. The Kier molecular flexibility index (Phi) is 4.09. The lowest BCUT2D eigenvalue weighted by Gasteiger charge is -2.09. The summed E-state index contributed by atoms with van der Waals surface area (Å²) in [5.74, 6) is -0.620. The second-order valence-electron chi connectivity index (χ2n) is 4.32. The smallest absolute Gasteiger partial charge is 0.283 e. The van der Waals surface area contributed by atoms with Crippen molar-refractivity contribution in [3.8, 4) is 5.75 Å². The maximum atomic E-state index is 12.2. The molecule has 0 unspecified atom stereocenters. The van der Waals surface area contributed by atoms with Gasteiger partial charge in [-0.2, -0.15) is 0 Å². The first kappa shape index (κ1) is 14.8. The number of hydrogen-bond donors (Lipinski definition) is 2. The number of halogens is 1. The summed E-state index contributed by atoms with van der Waals surface area (Å²) in [6, 6.07) is 8.44. The molecule has 1 amide bonds. The zero-order valence-corrected chi connectivity index (χ0v) is 11.7. The van der Waals surface area contributed by atoms with E-state index in [4.69, 9.17) is 11.6 Å². The highest BCUT2D eigenvalue weighted by Gasteiger charge is 2.21. The summed E-state index contributed by atoms with van der Waals surface area (Å²) in [6.45, 7) is 1.63. The van der Waals surface area contributed by atoms with Gasteiger partial charge in [-0.25, -0.2) is 0 Å². The van der Waals surface area contributed by atoms with E-state index in [0.29, 0.717) is 11.3 Å². The van der Waals surface area contributed by atoms with Gasteiger partial charge in [-0.05, 0) is 31.2 Å². The third kappa shape index (κ3) is 3.11. The topological polar surface area (TPSA) is 92.5 Å². The van der Waals surface area contributed by atoms with Gasteiger partial charge in [-0.1, -0.05) is 17.7 Å². The number of anilines is 1. The minimum Gasteiger partial charge on any atom is -0.508 e. The second-order valence-corrected chi connectivity index (χ2v) is 4.76. The van der Waals surface area contributed by atoms with Gasteiger partial charge in [0.2, 0.25) is 0 Å². The number of nitro groups is 1. The quantitative estimate of drug-likeness (QED) is 0.670. The second kappa shape index (κ2) is 5.80. The molecule has 0 aromatic heterocycles. The summed E-state index contributed by atoms with van der Waals surface area (Å²) in [7, 11) is 0. The molecule has 2 aromatic rings. The zero-order valence-electron chi connectivity index (χ0n) is 11.0. The van der Waals surface area contributed by atoms with Gasteiger partial charge in [-0.3, -0.25) is 14.9 Å². The van der Waals surface area contributed by atoms with Gasteiger partial charge >= 0.3 is 0 Å². The van der Waals surface area contributed by atoms with Gasteiger partial charge in [0.25, 0.3) is 11.6 Å². The number of carbonyl (C=O) groups is 1. The number of phenols is 1. The molecule has 0 aliphatic rings. The van der Waals surface area contributed by atoms with E-state index < -0.39 is 10.8 Å². The maximum absolute atomic E-state index is 12.2. The summed E-state index contributed by atoms with van der Waals surface area (Å²) in [5, 5.41) is 23.3. The summed E-state index contributed by atoms with van der Waals surface area (Å²) in [4.78, 5) is 22.5. The summed E-state index contributed by atoms with van der Waals surface area (Å²) >= 11 is 5.70. The van der Waals surface area contributed by atoms with Crippen molar-refractivity contribution in [2.24, 2.45) is 0 Å². The van der Waals surface area contributed by atoms with Crippen LogP contribution in [0.25, 0.3) is 0 Å². The first-order valence-corrected chi connectivity index (χ1v) is 6.32. The number of amides is 1. The van der Waals surface area contributed by atoms with Crippen molar-refractivity contribution in [1.29, 1.82) is 0 Å². The molecule has 2 N–H and O–H groups in total. The van der Waals surface area contributed by atoms with E-state index >= 15 is 0 Å². The van der Waals surface area contributed by atoms with Crippen LogP contribution < -0.4 is 5.32 Å². The number of rotatable bonds is 3. The molecule has 0 aliphatic heterocycles. The van der Waals surface area contributed by atoms with Crippen molar-refractivity contribution in [3.63, 3.8) is 0 Å². The molecule has 0 aliphatic carbocycles. The monoisotopic (exact) mass is 306 g/mol. The summed E-state index contributed by atoms with van der Waals surface area (Å²) in [6.07, 6.45) is 0. The zero-order chi connectivity index (χ0) is 15.6. The molecule has 0 radical (unpaired) electrons. The highest BCUT2D eigenvalue weighted by Crippen LogP contribution is 2.27. The van der Waals surface area contributed by atoms with Crippen molar-refractivity contribution < 1.29 is 14.8 Å². The van der Waals surface area contributed by atoms with E-state index in [1.165, 1.54) is 18.2 Å². The van der Waals surface area contributed by atoms with E-state index in [1.54, 1.807) is 19.1 Å². The Morgan fingerprint density at radius 3 is 2.71 bits per heavy atom. The fraction of sp³-hybridized carbons (Fsp3) is 0.0714. The van der Waals surface area contributed by atoms with Gasteiger partial charge < -0.3 is 10.4 Å². The van der Waals surface area contributed by atoms with Crippen molar-refractivity contribution in [3.05, 3.63) is 62.7 Å². The molecular weight excluding hydrogens is 296 g/mol. The van der Waals surface area contributed by atoms with E-state index in [-0.39, 0.29) is 22.0 Å². The normalized spacial score (nSPS) is 10.2. The van der Waals surface area contributed by atoms with Crippen molar-refractivity contribution in [2.45, 2.75) is 6.92 Å². The Morgan fingerprint density at radius 2 is 2.05 bits per heavy atom. The SMILES string of the molecule is Cc1c(O)cccc1NC(=O)c1ccc(Cl)cc1[N+](=O)[O-]. The number of nitrogens with one attached hydrogen (secondary N) is 1. The maximum Gasteiger partial charge on any atom is 0.283 e. The van der Waals surface area contributed by atoms with Crippen LogP contribution in [0.3, 0.4) is 0 Å². The Hall–Kier alpha value is -2.60. The van der Waals surface area contributed by atoms with Crippen LogP contribution in [0.15, 0.2) is 36.4 Å². The van der Waals surface area contributed by atoms with Gasteiger partial charge in [0.1, 0.15) is 11.3 Å². The summed E-state index contributed by atoms with van der Waals surface area (Å²) < 4.78 is 0. The predicted molar refractivity (Wildman–Crippen MR) is 78.9 cm³/mol. The van der Waals surface area contributed by atoms with Crippen LogP contribution in [0, 0.1) is 17.0 Å². The van der Waals surface area contributed by atoms with Crippen LogP contribution in [0.5, 0.6) is 5.75 Å². The number of carbonyl (C=O) groups excluding carboxylic acids is 1. The van der Waals surface area contributed by atoms with E-state index in [1.807, 2.05) is 0 Å². The van der Waals surface area contributed by atoms with E-state index in [9.17, 15) is 20.0 Å². The standard InChI is InChI=1S/C14H11ClN2O4/c1-8-11(3-2-4-13(8)18)16-14(19)10-6-5-9(15)7-12(10)17(20)21/h2-7,18H,1H3,(H,16,19). The number of aromatic hydroxyl groups is 1. The minimum atomic E-state index is -0.671. The first-order valence-electron chi connectivity index (χ1n) is 5.94. The van der Waals surface area contributed by atoms with Crippen LogP contribution in [0.2, 0.25) is 5.02 Å². The fourth-order valence-corrected chi connectivity index (χ4v) is 1.96. The number of benzene rings is 2. The average Bonchev–Trinajstić information content (AvgIpc) is 2.43. The summed E-state index contributed by atoms with van der Waals surface area (Å²) in [5.41, 5.74) is 0.372. The van der Waals surface area contributed by atoms with Crippen molar-refractivity contribution >= 4 is 28.9 Å². The lowest BCUT2D eigenvalue weighted by molar-refractivity contribution is -0.385. The number of nitro benzene ring substituents is 1. The third-order valence-corrected chi connectivity index (χ3v) is 3.19. The lowest BCUT2D eigenvalue weighted by atomic mass is 10.1. The fourth-order valence-electron chi connectivity index (χ4n) is 1.80. The molecular formula is C14H11ClN2O4. The van der Waals surface area contributed by atoms with E-state index in [0.717, 1.165) is 6.07 Å². The van der Waals surface area contributed by atoms with Crippen LogP contribution >= 0.6 is 11.6 Å². The Labute approximate surface area is 125 Å². The molecule has 2 aromatic carbocycles. The van der Waals surface area contributed by atoms with Crippen LogP contribution in [-0.4, -0.2) is 15.9 Å². The predicted octanol–water partition coefficient (Wildman–Crippen LogP) is 3.51. The molecule has 0 atom stereocenters. The molecule has 0 fully saturated rings. The van der Waals surface area contributed by atoms with Crippen molar-refractivity contribution in [1.82, 2.24) is 0 Å². The molecule has 0 saturated heterocycles. The molecule has 108 valence electrons. The third-order valence-electron chi connectivity index (χ3n) is 2.95. The van der Waals surface area contributed by atoms with Crippen LogP contribution in [0.4, 0.5) is 11.4 Å². The van der Waals surface area contributed by atoms with Gasteiger partial charge in [-0.15, -0.1) is 0 Å². The molecule has 21 heavy (non-hydrogen) atoms. The average molecular weight is 307 g/mol. The number of hydrogen-bond acceptors (Lipinski definition) is 4. The highest BCUT2D eigenvalue weighted by atomic mass is 35.5. The Balaban J connectivity index is 2.37. The highest BCUT2D eigenvalue weighted by molar-refractivity contribution is 6.31. The first-order chi connectivity index (χ1) is 9.90. The molecule has 6 nitrogen and oxygen atoms in total. The molecule has 0 heterocycles. The molecule has 0 saturated carbocycles. The Morgan fingerprint density at radius 1 is 1.33 bits per heavy atom. The minimum absolute atomic E-state index is 0.0263. The molecule has 7 heteroatoms. The number of phenolic OH excluding ortho intramolecular Hbond substituents is 1. The lowest BCUT2D eigenvalue weighted by Crippen LogP contribution is -2.14. The number of nitrogens with zero attached hydrogens (tertiary/aromatic N) is 1. The molecule has 0 spiro atoms. The Bertz CT molecular complexity index is 731. The van der Waals surface area contributed by atoms with Crippen LogP contribution in [-0.2, 0) is 0 Å². The largest absolute Gasteiger partial charge is 0.508 e. The van der Waals surface area contributed by atoms with E-state index in [2.05, 4.69) is 5.32 Å². The molecule has 2 rings (SSSR count).